The highest BCUT2D eigenvalue weighted by Crippen LogP contribution is 2.38. The summed E-state index contributed by atoms with van der Waals surface area (Å²) in [5.41, 5.74) is 5.51. The van der Waals surface area contributed by atoms with Crippen molar-refractivity contribution in [3.05, 3.63) is 0 Å². The molecule has 3 heteroatoms. The van der Waals surface area contributed by atoms with Gasteiger partial charge in [-0.1, -0.05) is 6.92 Å². The van der Waals surface area contributed by atoms with Gasteiger partial charge in [-0.25, -0.2) is 0 Å². The lowest BCUT2D eigenvalue weighted by molar-refractivity contribution is 0.0448. The number of hydrogen-bond acceptors (Lipinski definition) is 3. The number of aliphatic hydroxyl groups excluding tert-OH is 1. The maximum Gasteiger partial charge on any atom is 0.0671 e. The van der Waals surface area contributed by atoms with Gasteiger partial charge >= 0.3 is 0 Å². The van der Waals surface area contributed by atoms with E-state index in [1.54, 1.807) is 0 Å². The molecule has 1 rings (SSSR count). The largest absolute Gasteiger partial charge is 0.394 e. The summed E-state index contributed by atoms with van der Waals surface area (Å²) in [7, 11) is 0. The predicted octanol–water partition coefficient (Wildman–Crippen LogP) is 0.513. The molecule has 0 heterocycles. The highest BCUT2D eigenvalue weighted by Gasteiger charge is 2.41. The number of rotatable bonds is 6. The van der Waals surface area contributed by atoms with E-state index in [0.717, 1.165) is 25.9 Å². The lowest BCUT2D eigenvalue weighted by atomic mass is 9.97. The molecule has 0 bridgehead atoms. The molecule has 3 nitrogen and oxygen atoms in total. The third-order valence-corrected chi connectivity index (χ3v) is 2.40. The number of nitrogens with two attached hydrogens (primary N) is 1. The molecule has 0 spiro atoms. The Bertz CT molecular complexity index is 136. The highest BCUT2D eigenvalue weighted by atomic mass is 16.5. The zero-order valence-electron chi connectivity index (χ0n) is 7.75. The van der Waals surface area contributed by atoms with Crippen LogP contribution in [0.15, 0.2) is 0 Å². The van der Waals surface area contributed by atoms with Gasteiger partial charge in [-0.15, -0.1) is 0 Å². The molecule has 0 aliphatic heterocycles. The smallest absolute Gasteiger partial charge is 0.0671 e. The van der Waals surface area contributed by atoms with Crippen molar-refractivity contribution in [2.75, 3.05) is 19.8 Å². The molecule has 1 saturated carbocycles. The Labute approximate surface area is 73.9 Å². The van der Waals surface area contributed by atoms with E-state index in [1.165, 1.54) is 0 Å². The average molecular weight is 173 g/mol. The summed E-state index contributed by atoms with van der Waals surface area (Å²) in [6.07, 6.45) is 3.30. The maximum atomic E-state index is 9.09. The van der Waals surface area contributed by atoms with Crippen molar-refractivity contribution < 1.29 is 9.84 Å². The lowest BCUT2D eigenvalue weighted by Crippen LogP contribution is -2.50. The van der Waals surface area contributed by atoms with Gasteiger partial charge in [-0.05, 0) is 25.2 Å². The number of ether oxygens (including phenoxy) is 1. The van der Waals surface area contributed by atoms with Gasteiger partial charge in [0.05, 0.1) is 18.8 Å². The maximum absolute atomic E-state index is 9.09. The summed E-state index contributed by atoms with van der Waals surface area (Å²) in [4.78, 5) is 0. The topological polar surface area (TPSA) is 55.5 Å². The summed E-state index contributed by atoms with van der Waals surface area (Å²) in [6.45, 7) is 3.35. The van der Waals surface area contributed by atoms with Gasteiger partial charge in [0.25, 0.3) is 0 Å². The van der Waals surface area contributed by atoms with E-state index >= 15 is 0 Å². The van der Waals surface area contributed by atoms with Crippen molar-refractivity contribution in [2.45, 2.75) is 31.7 Å². The van der Waals surface area contributed by atoms with Gasteiger partial charge in [0.1, 0.15) is 0 Å². The average Bonchev–Trinajstić information content (AvgIpc) is 2.87. The van der Waals surface area contributed by atoms with Crippen molar-refractivity contribution >= 4 is 0 Å². The Morgan fingerprint density at radius 3 is 2.67 bits per heavy atom. The fourth-order valence-corrected chi connectivity index (χ4v) is 1.36. The minimum atomic E-state index is -0.463. The van der Waals surface area contributed by atoms with Crippen molar-refractivity contribution in [1.82, 2.24) is 0 Å². The Kier molecular flexibility index (Phi) is 3.50. The Morgan fingerprint density at radius 1 is 1.58 bits per heavy atom. The molecular formula is C9H19NO2. The van der Waals surface area contributed by atoms with Crippen molar-refractivity contribution in [2.24, 2.45) is 11.7 Å². The van der Waals surface area contributed by atoms with Crippen LogP contribution in [0.1, 0.15) is 26.2 Å². The molecule has 0 aromatic heterocycles. The van der Waals surface area contributed by atoms with Crippen LogP contribution in [-0.2, 0) is 4.74 Å². The predicted molar refractivity (Wildman–Crippen MR) is 47.8 cm³/mol. The Morgan fingerprint density at radius 2 is 2.25 bits per heavy atom. The third kappa shape index (κ3) is 2.44. The zero-order chi connectivity index (χ0) is 9.03. The van der Waals surface area contributed by atoms with E-state index in [1.807, 2.05) is 0 Å². The summed E-state index contributed by atoms with van der Waals surface area (Å²) in [5.74, 6) is 0.486. The zero-order valence-corrected chi connectivity index (χ0v) is 7.75. The lowest BCUT2D eigenvalue weighted by Gasteiger charge is -2.26. The van der Waals surface area contributed by atoms with Crippen LogP contribution < -0.4 is 5.73 Å². The SMILES string of the molecule is CCCOCC(N)(CO)C1CC1. The molecule has 0 radical (unpaired) electrons. The van der Waals surface area contributed by atoms with Gasteiger partial charge in [0.2, 0.25) is 0 Å². The third-order valence-electron chi connectivity index (χ3n) is 2.40. The van der Waals surface area contributed by atoms with E-state index in [2.05, 4.69) is 6.92 Å². The molecule has 12 heavy (non-hydrogen) atoms. The van der Waals surface area contributed by atoms with Crippen LogP contribution in [0.5, 0.6) is 0 Å². The second kappa shape index (κ2) is 4.21. The molecule has 3 N–H and O–H groups in total. The van der Waals surface area contributed by atoms with Crippen LogP contribution in [-0.4, -0.2) is 30.5 Å². The first-order chi connectivity index (χ1) is 5.73. The van der Waals surface area contributed by atoms with E-state index < -0.39 is 5.54 Å². The van der Waals surface area contributed by atoms with Gasteiger partial charge in [-0.3, -0.25) is 0 Å². The second-order valence-electron chi connectivity index (χ2n) is 3.72. The van der Waals surface area contributed by atoms with Crippen LogP contribution in [0, 0.1) is 5.92 Å². The molecule has 0 aromatic rings. The fraction of sp³-hybridized carbons (Fsp3) is 1.00. The van der Waals surface area contributed by atoms with Crippen LogP contribution in [0.25, 0.3) is 0 Å². The summed E-state index contributed by atoms with van der Waals surface area (Å²) in [5, 5.41) is 9.09. The molecular weight excluding hydrogens is 154 g/mol. The van der Waals surface area contributed by atoms with Gasteiger partial charge in [-0.2, -0.15) is 0 Å². The van der Waals surface area contributed by atoms with E-state index in [4.69, 9.17) is 15.6 Å². The highest BCUT2D eigenvalue weighted by molar-refractivity contribution is 4.98. The molecule has 1 fully saturated rings. The van der Waals surface area contributed by atoms with E-state index in [0.29, 0.717) is 12.5 Å². The summed E-state index contributed by atoms with van der Waals surface area (Å²) >= 11 is 0. The molecule has 1 aliphatic carbocycles. The summed E-state index contributed by atoms with van der Waals surface area (Å²) < 4.78 is 5.36. The molecule has 0 aromatic carbocycles. The molecule has 1 aliphatic rings. The van der Waals surface area contributed by atoms with Gasteiger partial charge in [0.15, 0.2) is 0 Å². The van der Waals surface area contributed by atoms with Gasteiger partial charge in [0, 0.05) is 6.61 Å². The van der Waals surface area contributed by atoms with E-state index in [-0.39, 0.29) is 6.61 Å². The molecule has 72 valence electrons. The number of aliphatic hydroxyl groups is 1. The normalized spacial score (nSPS) is 22.2. The standard InChI is InChI=1S/C9H19NO2/c1-2-5-12-7-9(10,6-11)8-3-4-8/h8,11H,2-7,10H2,1H3. The quantitative estimate of drug-likeness (QED) is 0.575. The minimum Gasteiger partial charge on any atom is -0.394 e. The first-order valence-corrected chi connectivity index (χ1v) is 4.70. The summed E-state index contributed by atoms with van der Waals surface area (Å²) in [6, 6.07) is 0. The second-order valence-corrected chi connectivity index (χ2v) is 3.72. The first-order valence-electron chi connectivity index (χ1n) is 4.70. The van der Waals surface area contributed by atoms with Crippen molar-refractivity contribution in [3.8, 4) is 0 Å². The Hall–Kier alpha value is -0.120. The molecule has 1 unspecified atom stereocenters. The van der Waals surface area contributed by atoms with Crippen molar-refractivity contribution in [3.63, 3.8) is 0 Å². The van der Waals surface area contributed by atoms with Crippen LogP contribution >= 0.6 is 0 Å². The van der Waals surface area contributed by atoms with E-state index in [9.17, 15) is 0 Å². The fourth-order valence-electron chi connectivity index (χ4n) is 1.36. The first kappa shape index (κ1) is 9.96. The van der Waals surface area contributed by atoms with Gasteiger partial charge < -0.3 is 15.6 Å². The molecule has 0 saturated heterocycles. The Balaban J connectivity index is 2.23. The van der Waals surface area contributed by atoms with Crippen LogP contribution in [0.2, 0.25) is 0 Å². The number of hydrogen-bond donors (Lipinski definition) is 2. The van der Waals surface area contributed by atoms with Crippen molar-refractivity contribution in [1.29, 1.82) is 0 Å². The molecule has 0 amide bonds. The van der Waals surface area contributed by atoms with Crippen LogP contribution in [0.3, 0.4) is 0 Å². The molecule has 1 atom stereocenters. The van der Waals surface area contributed by atoms with Crippen LogP contribution in [0.4, 0.5) is 0 Å². The monoisotopic (exact) mass is 173 g/mol. The minimum absolute atomic E-state index is 0.0430.